The molecular formula is C13H16N4O3S. The molecule has 7 nitrogen and oxygen atoms in total. The second-order valence-corrected chi connectivity index (χ2v) is 5.19. The number of ether oxygens (including phenoxy) is 1. The summed E-state index contributed by atoms with van der Waals surface area (Å²) in [6.07, 6.45) is 1.85. The summed E-state index contributed by atoms with van der Waals surface area (Å²) in [7, 11) is 0. The van der Waals surface area contributed by atoms with E-state index >= 15 is 0 Å². The van der Waals surface area contributed by atoms with Crippen molar-refractivity contribution >= 4 is 17.7 Å². The quantitative estimate of drug-likeness (QED) is 0.474. The first-order valence-electron chi connectivity index (χ1n) is 6.57. The molecule has 0 unspecified atom stereocenters. The van der Waals surface area contributed by atoms with Crippen LogP contribution in [0, 0.1) is 0 Å². The topological polar surface area (TPSA) is 90.1 Å². The van der Waals surface area contributed by atoms with Gasteiger partial charge in [-0.3, -0.25) is 4.79 Å². The zero-order valence-electron chi connectivity index (χ0n) is 11.6. The van der Waals surface area contributed by atoms with Crippen LogP contribution in [0.25, 0.3) is 5.69 Å². The van der Waals surface area contributed by atoms with E-state index in [4.69, 9.17) is 4.74 Å². The molecule has 1 aromatic carbocycles. The number of hydrogen-bond acceptors (Lipinski definition) is 7. The van der Waals surface area contributed by atoms with Crippen LogP contribution in [0.2, 0.25) is 0 Å². The third-order valence-electron chi connectivity index (χ3n) is 2.62. The Kier molecular flexibility index (Phi) is 5.56. The number of carbonyl (C=O) groups is 1. The Labute approximate surface area is 126 Å². The van der Waals surface area contributed by atoms with Gasteiger partial charge in [0.25, 0.3) is 0 Å². The highest BCUT2D eigenvalue weighted by Gasteiger charge is 2.12. The maximum atomic E-state index is 11.6. The van der Waals surface area contributed by atoms with Gasteiger partial charge in [-0.05, 0) is 41.1 Å². The van der Waals surface area contributed by atoms with E-state index in [2.05, 4.69) is 15.5 Å². The largest absolute Gasteiger partial charge is 0.508 e. The molecule has 21 heavy (non-hydrogen) atoms. The minimum atomic E-state index is -0.284. The number of thioether (sulfide) groups is 1. The zero-order valence-corrected chi connectivity index (χ0v) is 12.4. The summed E-state index contributed by atoms with van der Waals surface area (Å²) < 4.78 is 6.57. The van der Waals surface area contributed by atoms with Crippen molar-refractivity contribution in [2.45, 2.75) is 24.9 Å². The van der Waals surface area contributed by atoms with E-state index in [1.54, 1.807) is 24.3 Å². The fraction of sp³-hybridized carbons (Fsp3) is 0.385. The number of nitrogens with zero attached hydrogens (tertiary/aromatic N) is 4. The van der Waals surface area contributed by atoms with Crippen molar-refractivity contribution in [2.24, 2.45) is 0 Å². The van der Waals surface area contributed by atoms with E-state index in [1.165, 1.54) is 16.4 Å². The molecule has 0 fully saturated rings. The van der Waals surface area contributed by atoms with Gasteiger partial charge >= 0.3 is 5.97 Å². The van der Waals surface area contributed by atoms with Crippen molar-refractivity contribution in [3.63, 3.8) is 0 Å². The fourth-order valence-electron chi connectivity index (χ4n) is 1.52. The molecule has 0 aliphatic rings. The number of hydrogen-bond donors (Lipinski definition) is 1. The van der Waals surface area contributed by atoms with Gasteiger partial charge in [0.15, 0.2) is 0 Å². The smallest absolute Gasteiger partial charge is 0.316 e. The summed E-state index contributed by atoms with van der Waals surface area (Å²) in [5.41, 5.74) is 0.708. The molecule has 0 spiro atoms. The Balaban J connectivity index is 1.94. The third-order valence-corrected chi connectivity index (χ3v) is 3.51. The maximum Gasteiger partial charge on any atom is 0.316 e. The first kappa shape index (κ1) is 15.3. The molecule has 1 N–H and O–H groups in total. The van der Waals surface area contributed by atoms with Crippen molar-refractivity contribution in [3.8, 4) is 11.4 Å². The second-order valence-electron chi connectivity index (χ2n) is 4.25. The molecular weight excluding hydrogens is 292 g/mol. The minimum absolute atomic E-state index is 0.155. The number of unbranched alkanes of at least 4 members (excludes halogenated alkanes) is 1. The van der Waals surface area contributed by atoms with E-state index in [0.29, 0.717) is 17.5 Å². The summed E-state index contributed by atoms with van der Waals surface area (Å²) in [5, 5.41) is 21.1. The molecule has 0 saturated heterocycles. The number of phenolic OH excluding ortho intramolecular Hbond substituents is 1. The number of phenols is 1. The van der Waals surface area contributed by atoms with Crippen molar-refractivity contribution < 1.29 is 14.6 Å². The summed E-state index contributed by atoms with van der Waals surface area (Å²) in [4.78, 5) is 11.6. The Bertz CT molecular complexity index is 585. The number of rotatable bonds is 7. The van der Waals surface area contributed by atoms with E-state index in [1.807, 2.05) is 6.92 Å². The molecule has 2 rings (SSSR count). The predicted octanol–water partition coefficient (Wildman–Crippen LogP) is 1.80. The van der Waals surface area contributed by atoms with Crippen LogP contribution in [0.1, 0.15) is 19.8 Å². The lowest BCUT2D eigenvalue weighted by molar-refractivity contribution is -0.140. The van der Waals surface area contributed by atoms with Crippen LogP contribution in [-0.2, 0) is 9.53 Å². The average Bonchev–Trinajstić information content (AvgIpc) is 2.95. The lowest BCUT2D eigenvalue weighted by Crippen LogP contribution is -2.09. The normalized spacial score (nSPS) is 10.5. The lowest BCUT2D eigenvalue weighted by Gasteiger charge is -2.05. The van der Waals surface area contributed by atoms with Crippen LogP contribution >= 0.6 is 11.8 Å². The highest BCUT2D eigenvalue weighted by atomic mass is 32.2. The molecule has 0 aliphatic heterocycles. The molecule has 0 bridgehead atoms. The molecule has 0 radical (unpaired) electrons. The number of carbonyl (C=O) groups excluding carboxylic acids is 1. The first-order chi connectivity index (χ1) is 10.2. The highest BCUT2D eigenvalue weighted by molar-refractivity contribution is 7.99. The van der Waals surface area contributed by atoms with Crippen LogP contribution in [-0.4, -0.2) is 43.6 Å². The molecule has 0 saturated carbocycles. The molecule has 1 aromatic heterocycles. The van der Waals surface area contributed by atoms with Gasteiger partial charge in [-0.2, -0.15) is 4.68 Å². The average molecular weight is 308 g/mol. The van der Waals surface area contributed by atoms with E-state index in [0.717, 1.165) is 12.8 Å². The summed E-state index contributed by atoms with van der Waals surface area (Å²) >= 11 is 1.21. The molecule has 0 amide bonds. The van der Waals surface area contributed by atoms with Crippen LogP contribution in [0.4, 0.5) is 0 Å². The fourth-order valence-corrected chi connectivity index (χ4v) is 2.21. The number of aromatic nitrogens is 4. The van der Waals surface area contributed by atoms with Crippen molar-refractivity contribution in [3.05, 3.63) is 24.3 Å². The Morgan fingerprint density at radius 3 is 2.86 bits per heavy atom. The Morgan fingerprint density at radius 2 is 2.14 bits per heavy atom. The lowest BCUT2D eigenvalue weighted by atomic mass is 10.3. The summed E-state index contributed by atoms with van der Waals surface area (Å²) in [6.45, 7) is 2.48. The Hall–Kier alpha value is -2.09. The standard InChI is InChI=1S/C13H16N4O3S/c1-2-3-8-20-12(19)9-21-13-14-15-16-17(13)10-4-6-11(18)7-5-10/h4-7,18H,2-3,8-9H2,1H3. The van der Waals surface area contributed by atoms with Gasteiger partial charge in [0.2, 0.25) is 5.16 Å². The van der Waals surface area contributed by atoms with Gasteiger partial charge in [-0.15, -0.1) is 5.10 Å². The number of aromatic hydroxyl groups is 1. The van der Waals surface area contributed by atoms with E-state index in [-0.39, 0.29) is 17.5 Å². The van der Waals surface area contributed by atoms with Gasteiger partial charge in [-0.25, -0.2) is 0 Å². The van der Waals surface area contributed by atoms with Crippen molar-refractivity contribution in [1.82, 2.24) is 20.2 Å². The minimum Gasteiger partial charge on any atom is -0.508 e. The molecule has 112 valence electrons. The van der Waals surface area contributed by atoms with Crippen LogP contribution < -0.4 is 0 Å². The van der Waals surface area contributed by atoms with E-state index in [9.17, 15) is 9.90 Å². The van der Waals surface area contributed by atoms with Gasteiger partial charge < -0.3 is 9.84 Å². The van der Waals surface area contributed by atoms with Crippen LogP contribution in [0.15, 0.2) is 29.4 Å². The van der Waals surface area contributed by atoms with E-state index < -0.39 is 0 Å². The molecule has 0 atom stereocenters. The first-order valence-corrected chi connectivity index (χ1v) is 7.55. The van der Waals surface area contributed by atoms with Gasteiger partial charge in [0.1, 0.15) is 5.75 Å². The number of tetrazole rings is 1. The molecule has 8 heteroatoms. The third kappa shape index (κ3) is 4.45. The summed E-state index contributed by atoms with van der Waals surface area (Å²) in [5.74, 6) is 0.0385. The number of esters is 1. The van der Waals surface area contributed by atoms with Crippen molar-refractivity contribution in [2.75, 3.05) is 12.4 Å². The van der Waals surface area contributed by atoms with Gasteiger partial charge in [-0.1, -0.05) is 25.1 Å². The molecule has 0 aliphatic carbocycles. The SMILES string of the molecule is CCCCOC(=O)CSc1nnnn1-c1ccc(O)cc1. The maximum absolute atomic E-state index is 11.6. The van der Waals surface area contributed by atoms with Crippen LogP contribution in [0.3, 0.4) is 0 Å². The van der Waals surface area contributed by atoms with Crippen LogP contribution in [0.5, 0.6) is 5.75 Å². The van der Waals surface area contributed by atoms with Gasteiger partial charge in [0, 0.05) is 0 Å². The predicted molar refractivity (Wildman–Crippen MR) is 77.4 cm³/mol. The highest BCUT2D eigenvalue weighted by Crippen LogP contribution is 2.19. The zero-order chi connectivity index (χ0) is 15.1. The summed E-state index contributed by atoms with van der Waals surface area (Å²) in [6, 6.07) is 6.47. The van der Waals surface area contributed by atoms with Gasteiger partial charge in [0.05, 0.1) is 18.0 Å². The molecule has 1 heterocycles. The molecule has 2 aromatic rings. The monoisotopic (exact) mass is 308 g/mol. The van der Waals surface area contributed by atoms with Crippen molar-refractivity contribution in [1.29, 1.82) is 0 Å². The second kappa shape index (κ2) is 7.63. The number of benzene rings is 1. The Morgan fingerprint density at radius 1 is 1.38 bits per heavy atom.